The van der Waals surface area contributed by atoms with Crippen LogP contribution in [-0.2, 0) is 4.74 Å². The van der Waals surface area contributed by atoms with E-state index < -0.39 is 0 Å². The molecule has 2 aliphatic rings. The van der Waals surface area contributed by atoms with Gasteiger partial charge in [0.05, 0.1) is 6.61 Å². The van der Waals surface area contributed by atoms with Gasteiger partial charge < -0.3 is 10.1 Å². The zero-order chi connectivity index (χ0) is 14.2. The molecule has 0 saturated heterocycles. The van der Waals surface area contributed by atoms with Gasteiger partial charge in [0, 0.05) is 38.8 Å². The first-order valence-electron chi connectivity index (χ1n) is 8.77. The highest BCUT2D eigenvalue weighted by Crippen LogP contribution is 2.34. The van der Waals surface area contributed by atoms with Gasteiger partial charge in [-0.25, -0.2) is 0 Å². The molecular weight excluding hydrogens is 248 g/mol. The van der Waals surface area contributed by atoms with Gasteiger partial charge in [0.15, 0.2) is 0 Å². The molecule has 20 heavy (non-hydrogen) atoms. The summed E-state index contributed by atoms with van der Waals surface area (Å²) in [5.74, 6) is 0.949. The zero-order valence-electron chi connectivity index (χ0n) is 13.6. The Balaban J connectivity index is 1.67. The molecule has 118 valence electrons. The van der Waals surface area contributed by atoms with Crippen molar-refractivity contribution >= 4 is 0 Å². The van der Waals surface area contributed by atoms with E-state index in [4.69, 9.17) is 4.74 Å². The normalized spacial score (nSPS) is 22.9. The fraction of sp³-hybridized carbons (Fsp3) is 1.00. The first-order chi connectivity index (χ1) is 9.81. The van der Waals surface area contributed by atoms with Crippen LogP contribution in [-0.4, -0.2) is 50.3 Å². The van der Waals surface area contributed by atoms with Crippen LogP contribution < -0.4 is 5.32 Å². The summed E-state index contributed by atoms with van der Waals surface area (Å²) in [6.45, 7) is 6.67. The van der Waals surface area contributed by atoms with Crippen molar-refractivity contribution in [3.8, 4) is 0 Å². The van der Waals surface area contributed by atoms with Gasteiger partial charge >= 0.3 is 0 Å². The zero-order valence-corrected chi connectivity index (χ0v) is 13.6. The molecule has 0 heterocycles. The average molecular weight is 282 g/mol. The molecule has 1 unspecified atom stereocenters. The third kappa shape index (κ3) is 5.71. The summed E-state index contributed by atoms with van der Waals surface area (Å²) < 4.78 is 5.27. The molecule has 2 rings (SSSR count). The lowest BCUT2D eigenvalue weighted by atomic mass is 10.1. The van der Waals surface area contributed by atoms with Crippen molar-refractivity contribution in [2.75, 3.05) is 33.4 Å². The first-order valence-corrected chi connectivity index (χ1v) is 8.77. The van der Waals surface area contributed by atoms with Crippen molar-refractivity contribution in [2.45, 2.75) is 70.4 Å². The molecule has 0 spiro atoms. The summed E-state index contributed by atoms with van der Waals surface area (Å²) >= 11 is 0. The third-order valence-electron chi connectivity index (χ3n) is 5.15. The molecule has 0 aliphatic heterocycles. The monoisotopic (exact) mass is 282 g/mol. The highest BCUT2D eigenvalue weighted by atomic mass is 16.5. The second-order valence-electron chi connectivity index (χ2n) is 6.75. The number of ether oxygens (including phenoxy) is 1. The molecular formula is C17H34N2O. The van der Waals surface area contributed by atoms with Gasteiger partial charge in [-0.2, -0.15) is 0 Å². The smallest absolute Gasteiger partial charge is 0.0589 e. The second-order valence-corrected chi connectivity index (χ2v) is 6.75. The Morgan fingerprint density at radius 2 is 1.75 bits per heavy atom. The van der Waals surface area contributed by atoms with Crippen molar-refractivity contribution in [3.05, 3.63) is 0 Å². The Kier molecular flexibility index (Phi) is 7.32. The van der Waals surface area contributed by atoms with Crippen LogP contribution in [0, 0.1) is 5.92 Å². The SMILES string of the molecule is COCCN(CCNC1CCCCCC1)C(C)C1CC1. The van der Waals surface area contributed by atoms with Crippen LogP contribution in [0.5, 0.6) is 0 Å². The molecule has 0 aromatic rings. The van der Waals surface area contributed by atoms with Crippen molar-refractivity contribution in [3.63, 3.8) is 0 Å². The van der Waals surface area contributed by atoms with Gasteiger partial charge in [0.25, 0.3) is 0 Å². The van der Waals surface area contributed by atoms with Gasteiger partial charge in [0.1, 0.15) is 0 Å². The Bertz CT molecular complexity index is 247. The Hall–Kier alpha value is -0.120. The van der Waals surface area contributed by atoms with Crippen LogP contribution in [0.2, 0.25) is 0 Å². The van der Waals surface area contributed by atoms with Crippen LogP contribution in [0.15, 0.2) is 0 Å². The van der Waals surface area contributed by atoms with E-state index in [1.165, 1.54) is 57.9 Å². The first kappa shape index (κ1) is 16.3. The number of hydrogen-bond acceptors (Lipinski definition) is 3. The largest absolute Gasteiger partial charge is 0.383 e. The molecule has 2 fully saturated rings. The van der Waals surface area contributed by atoms with E-state index in [2.05, 4.69) is 17.1 Å². The minimum absolute atomic E-state index is 0.737. The molecule has 1 N–H and O–H groups in total. The van der Waals surface area contributed by atoms with Gasteiger partial charge in [-0.15, -0.1) is 0 Å². The number of nitrogens with zero attached hydrogens (tertiary/aromatic N) is 1. The van der Waals surface area contributed by atoms with Crippen molar-refractivity contribution in [1.29, 1.82) is 0 Å². The molecule has 2 saturated carbocycles. The second kappa shape index (κ2) is 9.01. The maximum Gasteiger partial charge on any atom is 0.0589 e. The van der Waals surface area contributed by atoms with Crippen LogP contribution >= 0.6 is 0 Å². The maximum atomic E-state index is 5.27. The van der Waals surface area contributed by atoms with Crippen LogP contribution in [0.4, 0.5) is 0 Å². The standard InChI is InChI=1S/C17H34N2O/c1-15(16-9-10-16)19(13-14-20-2)12-11-18-17-7-5-3-4-6-8-17/h15-18H,3-14H2,1-2H3. The summed E-state index contributed by atoms with van der Waals surface area (Å²) in [5.41, 5.74) is 0. The van der Waals surface area contributed by atoms with Crippen LogP contribution in [0.25, 0.3) is 0 Å². The minimum Gasteiger partial charge on any atom is -0.383 e. The topological polar surface area (TPSA) is 24.5 Å². The Morgan fingerprint density at radius 1 is 1.05 bits per heavy atom. The lowest BCUT2D eigenvalue weighted by Crippen LogP contribution is -2.43. The number of rotatable bonds is 9. The molecule has 1 atom stereocenters. The summed E-state index contributed by atoms with van der Waals surface area (Å²) in [7, 11) is 1.81. The predicted octanol–water partition coefficient (Wildman–Crippen LogP) is 3.05. The predicted molar refractivity (Wildman–Crippen MR) is 85.1 cm³/mol. The van der Waals surface area contributed by atoms with E-state index in [1.54, 1.807) is 0 Å². The molecule has 0 bridgehead atoms. The Labute approximate surface area is 125 Å². The van der Waals surface area contributed by atoms with E-state index in [0.717, 1.165) is 37.7 Å². The van der Waals surface area contributed by atoms with Crippen LogP contribution in [0.1, 0.15) is 58.3 Å². The lowest BCUT2D eigenvalue weighted by Gasteiger charge is -2.30. The van der Waals surface area contributed by atoms with Gasteiger partial charge in [-0.05, 0) is 38.5 Å². The number of methoxy groups -OCH3 is 1. The van der Waals surface area contributed by atoms with E-state index in [1.807, 2.05) is 7.11 Å². The minimum atomic E-state index is 0.737. The molecule has 3 nitrogen and oxygen atoms in total. The third-order valence-corrected chi connectivity index (χ3v) is 5.15. The Morgan fingerprint density at radius 3 is 2.35 bits per heavy atom. The quantitative estimate of drug-likeness (QED) is 0.658. The van der Waals surface area contributed by atoms with Crippen LogP contribution in [0.3, 0.4) is 0 Å². The summed E-state index contributed by atoms with van der Waals surface area (Å²) in [5, 5.41) is 3.80. The van der Waals surface area contributed by atoms with E-state index >= 15 is 0 Å². The lowest BCUT2D eigenvalue weighted by molar-refractivity contribution is 0.116. The van der Waals surface area contributed by atoms with Gasteiger partial charge in [0.2, 0.25) is 0 Å². The van der Waals surface area contributed by atoms with Crippen molar-refractivity contribution in [1.82, 2.24) is 10.2 Å². The van der Waals surface area contributed by atoms with Gasteiger partial charge in [-0.3, -0.25) is 4.90 Å². The van der Waals surface area contributed by atoms with E-state index in [9.17, 15) is 0 Å². The molecule has 0 aromatic heterocycles. The highest BCUT2D eigenvalue weighted by molar-refractivity contribution is 4.85. The van der Waals surface area contributed by atoms with Crippen molar-refractivity contribution in [2.24, 2.45) is 5.92 Å². The summed E-state index contributed by atoms with van der Waals surface area (Å²) in [4.78, 5) is 2.63. The maximum absolute atomic E-state index is 5.27. The molecule has 0 amide bonds. The fourth-order valence-corrected chi connectivity index (χ4v) is 3.50. The molecule has 0 aromatic carbocycles. The summed E-state index contributed by atoms with van der Waals surface area (Å²) in [6.07, 6.45) is 11.4. The average Bonchev–Trinajstić information content (AvgIpc) is 3.28. The highest BCUT2D eigenvalue weighted by Gasteiger charge is 2.31. The fourth-order valence-electron chi connectivity index (χ4n) is 3.50. The molecule has 3 heteroatoms. The van der Waals surface area contributed by atoms with Gasteiger partial charge in [-0.1, -0.05) is 25.7 Å². The molecule has 0 radical (unpaired) electrons. The molecule has 2 aliphatic carbocycles. The van der Waals surface area contributed by atoms with E-state index in [0.29, 0.717) is 0 Å². The summed E-state index contributed by atoms with van der Waals surface area (Å²) in [6, 6.07) is 1.51. The number of hydrogen-bond donors (Lipinski definition) is 1. The van der Waals surface area contributed by atoms with E-state index in [-0.39, 0.29) is 0 Å². The number of nitrogens with one attached hydrogen (secondary N) is 1. The van der Waals surface area contributed by atoms with Crippen molar-refractivity contribution < 1.29 is 4.74 Å².